The predicted octanol–water partition coefficient (Wildman–Crippen LogP) is 2.37. The lowest BCUT2D eigenvalue weighted by molar-refractivity contribution is 0.639. The van der Waals surface area contributed by atoms with Crippen molar-refractivity contribution in [1.82, 2.24) is 4.98 Å². The summed E-state index contributed by atoms with van der Waals surface area (Å²) in [4.78, 5) is 2.92. The van der Waals surface area contributed by atoms with Gasteiger partial charge in [0.15, 0.2) is 0 Å². The molecule has 1 heterocycles. The van der Waals surface area contributed by atoms with E-state index < -0.39 is 0 Å². The first-order valence-corrected chi connectivity index (χ1v) is 3.94. The molecule has 0 radical (unpaired) electrons. The molecule has 64 valence electrons. The minimum atomic E-state index is -0.252. The lowest BCUT2D eigenvalue weighted by Gasteiger charge is -1.98. The molecule has 0 amide bonds. The number of halogens is 1. The number of hydrogen-bond donors (Lipinski definition) is 1. The molecule has 0 spiro atoms. The maximum Gasteiger partial charge on any atom is 0.132 e. The third kappa shape index (κ3) is 1.17. The molecule has 1 aromatic heterocycles. The second kappa shape index (κ2) is 2.91. The highest BCUT2D eigenvalue weighted by Crippen LogP contribution is 2.20. The topological polar surface area (TPSA) is 39.6 Å². The number of rotatable bonds is 1. The van der Waals surface area contributed by atoms with Crippen LogP contribution >= 0.6 is 0 Å². The lowest BCUT2D eigenvalue weighted by Crippen LogP contribution is -1.86. The number of aromatic amines is 1. The minimum Gasteiger partial charge on any atom is -0.361 e. The van der Waals surface area contributed by atoms with Crippen LogP contribution in [0.3, 0.4) is 0 Å². The van der Waals surface area contributed by atoms with Crippen molar-refractivity contribution < 1.29 is 4.39 Å². The molecule has 3 heteroatoms. The van der Waals surface area contributed by atoms with Gasteiger partial charge in [-0.15, -0.1) is 0 Å². The molecule has 0 aliphatic heterocycles. The maximum atomic E-state index is 13.1. The van der Waals surface area contributed by atoms with Gasteiger partial charge in [0.25, 0.3) is 0 Å². The number of H-pyrrole nitrogens is 1. The van der Waals surface area contributed by atoms with Gasteiger partial charge >= 0.3 is 0 Å². The third-order valence-electron chi connectivity index (χ3n) is 2.03. The van der Waals surface area contributed by atoms with E-state index in [1.807, 2.05) is 6.07 Å². The van der Waals surface area contributed by atoms with Crippen LogP contribution in [0.5, 0.6) is 0 Å². The van der Waals surface area contributed by atoms with Crippen LogP contribution in [-0.2, 0) is 6.42 Å². The van der Waals surface area contributed by atoms with Crippen LogP contribution in [0.1, 0.15) is 5.56 Å². The molecule has 0 aliphatic carbocycles. The number of nitrogens with one attached hydrogen (secondary N) is 1. The zero-order valence-corrected chi connectivity index (χ0v) is 6.84. The highest BCUT2D eigenvalue weighted by Gasteiger charge is 2.05. The Morgan fingerprint density at radius 2 is 2.23 bits per heavy atom. The van der Waals surface area contributed by atoms with E-state index in [9.17, 15) is 4.39 Å². The molecule has 0 aliphatic rings. The molecule has 0 fully saturated rings. The first-order valence-electron chi connectivity index (χ1n) is 3.94. The number of fused-ring (bicyclic) bond motifs is 1. The molecule has 13 heavy (non-hydrogen) atoms. The van der Waals surface area contributed by atoms with Gasteiger partial charge in [0.05, 0.1) is 18.0 Å². The van der Waals surface area contributed by atoms with E-state index in [2.05, 4.69) is 4.98 Å². The van der Waals surface area contributed by atoms with Gasteiger partial charge in [-0.3, -0.25) is 0 Å². The minimum absolute atomic E-state index is 0.252. The molecule has 2 nitrogen and oxygen atoms in total. The summed E-state index contributed by atoms with van der Waals surface area (Å²) in [6, 6.07) is 6.74. The predicted molar refractivity (Wildman–Crippen MR) is 47.6 cm³/mol. The lowest BCUT2D eigenvalue weighted by atomic mass is 10.1. The van der Waals surface area contributed by atoms with Crippen LogP contribution < -0.4 is 0 Å². The van der Waals surface area contributed by atoms with Crippen molar-refractivity contribution in [3.63, 3.8) is 0 Å². The van der Waals surface area contributed by atoms with E-state index >= 15 is 0 Å². The van der Waals surface area contributed by atoms with E-state index in [0.717, 1.165) is 11.1 Å². The molecule has 0 saturated heterocycles. The van der Waals surface area contributed by atoms with Crippen molar-refractivity contribution in [2.75, 3.05) is 0 Å². The highest BCUT2D eigenvalue weighted by atomic mass is 19.1. The summed E-state index contributed by atoms with van der Waals surface area (Å²) in [5.41, 5.74) is 1.56. The standard InChI is InChI=1S/C10H7FN2/c11-9-2-1-7(3-5-12)10-8(9)4-6-13-10/h1-2,4,6,13H,3H2. The summed E-state index contributed by atoms with van der Waals surface area (Å²) in [6.07, 6.45) is 1.98. The van der Waals surface area contributed by atoms with Crippen LogP contribution in [0, 0.1) is 17.1 Å². The number of hydrogen-bond acceptors (Lipinski definition) is 1. The summed E-state index contributed by atoms with van der Waals surface area (Å²) in [6.45, 7) is 0. The van der Waals surface area contributed by atoms with E-state index in [0.29, 0.717) is 11.8 Å². The smallest absolute Gasteiger partial charge is 0.132 e. The van der Waals surface area contributed by atoms with Gasteiger partial charge in [0, 0.05) is 11.6 Å². The van der Waals surface area contributed by atoms with Crippen molar-refractivity contribution in [3.05, 3.63) is 35.8 Å². The quantitative estimate of drug-likeness (QED) is 0.708. The SMILES string of the molecule is N#CCc1ccc(F)c2cc[nH]c12. The van der Waals surface area contributed by atoms with Gasteiger partial charge in [-0.2, -0.15) is 5.26 Å². The Kier molecular flexibility index (Phi) is 1.75. The van der Waals surface area contributed by atoms with Gasteiger partial charge in [-0.1, -0.05) is 6.07 Å². The molecule has 1 N–H and O–H groups in total. The first kappa shape index (κ1) is 7.81. The Hall–Kier alpha value is -1.82. The van der Waals surface area contributed by atoms with Crippen LogP contribution in [0.2, 0.25) is 0 Å². The van der Waals surface area contributed by atoms with Gasteiger partial charge in [-0.05, 0) is 17.7 Å². The van der Waals surface area contributed by atoms with E-state index in [1.165, 1.54) is 6.07 Å². The van der Waals surface area contributed by atoms with E-state index in [-0.39, 0.29) is 5.82 Å². The van der Waals surface area contributed by atoms with Crippen LogP contribution in [0.15, 0.2) is 24.4 Å². The molecule has 0 bridgehead atoms. The van der Waals surface area contributed by atoms with Gasteiger partial charge < -0.3 is 4.98 Å². The summed E-state index contributed by atoms with van der Waals surface area (Å²) in [5.74, 6) is -0.252. The van der Waals surface area contributed by atoms with Crippen LogP contribution in [0.4, 0.5) is 4.39 Å². The van der Waals surface area contributed by atoms with E-state index in [1.54, 1.807) is 18.3 Å². The van der Waals surface area contributed by atoms with Gasteiger partial charge in [-0.25, -0.2) is 4.39 Å². The fraction of sp³-hybridized carbons (Fsp3) is 0.100. The number of benzene rings is 1. The molecule has 0 unspecified atom stereocenters. The summed E-state index contributed by atoms with van der Waals surface area (Å²) in [5, 5.41) is 9.08. The van der Waals surface area contributed by atoms with E-state index in [4.69, 9.17) is 5.26 Å². The van der Waals surface area contributed by atoms with Crippen molar-refractivity contribution in [2.45, 2.75) is 6.42 Å². The largest absolute Gasteiger partial charge is 0.361 e. The molecule has 0 saturated carbocycles. The van der Waals surface area contributed by atoms with Crippen molar-refractivity contribution in [1.29, 1.82) is 5.26 Å². The monoisotopic (exact) mass is 174 g/mol. The van der Waals surface area contributed by atoms with Crippen LogP contribution in [0.25, 0.3) is 10.9 Å². The molecule has 0 atom stereocenters. The Balaban J connectivity index is 2.72. The van der Waals surface area contributed by atoms with Crippen LogP contribution in [-0.4, -0.2) is 4.98 Å². The first-order chi connectivity index (χ1) is 6.33. The number of nitriles is 1. The maximum absolute atomic E-state index is 13.1. The molecular weight excluding hydrogens is 167 g/mol. The summed E-state index contributed by atoms with van der Waals surface area (Å²) >= 11 is 0. The second-order valence-electron chi connectivity index (χ2n) is 2.81. The molecule has 2 rings (SSSR count). The Labute approximate surface area is 74.6 Å². The van der Waals surface area contributed by atoms with Gasteiger partial charge in [0.1, 0.15) is 5.82 Å². The fourth-order valence-electron chi connectivity index (χ4n) is 1.41. The zero-order chi connectivity index (χ0) is 9.26. The average Bonchev–Trinajstić information content (AvgIpc) is 2.59. The van der Waals surface area contributed by atoms with Crippen molar-refractivity contribution in [2.24, 2.45) is 0 Å². The Morgan fingerprint density at radius 1 is 1.38 bits per heavy atom. The third-order valence-corrected chi connectivity index (χ3v) is 2.03. The summed E-state index contributed by atoms with van der Waals surface area (Å²) in [7, 11) is 0. The molecule has 1 aromatic carbocycles. The average molecular weight is 174 g/mol. The Morgan fingerprint density at radius 3 is 3.00 bits per heavy atom. The summed E-state index contributed by atoms with van der Waals surface area (Å²) < 4.78 is 13.1. The second-order valence-corrected chi connectivity index (χ2v) is 2.81. The Bertz CT molecular complexity index is 479. The van der Waals surface area contributed by atoms with Gasteiger partial charge in [0.2, 0.25) is 0 Å². The number of aromatic nitrogens is 1. The molecular formula is C10H7FN2. The highest BCUT2D eigenvalue weighted by molar-refractivity contribution is 5.83. The molecule has 2 aromatic rings. The number of nitrogens with zero attached hydrogens (tertiary/aromatic N) is 1. The zero-order valence-electron chi connectivity index (χ0n) is 6.84. The van der Waals surface area contributed by atoms with Crippen molar-refractivity contribution >= 4 is 10.9 Å². The fourth-order valence-corrected chi connectivity index (χ4v) is 1.41. The normalized spacial score (nSPS) is 10.2. The van der Waals surface area contributed by atoms with Crippen molar-refractivity contribution in [3.8, 4) is 6.07 Å².